The molecule has 8 nitrogen and oxygen atoms in total. The molecule has 1 aromatic heterocycles. The summed E-state index contributed by atoms with van der Waals surface area (Å²) in [6.07, 6.45) is 4.10. The topological polar surface area (TPSA) is 113 Å². The number of aliphatic carboxylic acids is 1. The molecule has 1 unspecified atom stereocenters. The second-order valence-corrected chi connectivity index (χ2v) is 6.10. The summed E-state index contributed by atoms with van der Waals surface area (Å²) in [7, 11) is 0. The summed E-state index contributed by atoms with van der Waals surface area (Å²) in [5.41, 5.74) is 0. The zero-order valence-electron chi connectivity index (χ0n) is 11.9. The maximum Gasteiger partial charge on any atom is 0.320 e. The molecule has 1 aliphatic carbocycles. The van der Waals surface area contributed by atoms with Crippen molar-refractivity contribution in [3.05, 3.63) is 5.82 Å². The number of aromatic nitrogens is 4. The van der Waals surface area contributed by atoms with E-state index in [1.54, 1.807) is 0 Å². The molecule has 0 spiro atoms. The van der Waals surface area contributed by atoms with Crippen molar-refractivity contribution in [2.45, 2.75) is 38.3 Å². The molecule has 21 heavy (non-hydrogen) atoms. The van der Waals surface area contributed by atoms with Gasteiger partial charge in [-0.1, -0.05) is 0 Å². The number of tetrazole rings is 1. The van der Waals surface area contributed by atoms with E-state index in [4.69, 9.17) is 9.84 Å². The van der Waals surface area contributed by atoms with Gasteiger partial charge in [0.2, 0.25) is 0 Å². The summed E-state index contributed by atoms with van der Waals surface area (Å²) >= 11 is 0. The third-order valence-electron chi connectivity index (χ3n) is 4.69. The van der Waals surface area contributed by atoms with Crippen molar-refractivity contribution in [3.63, 3.8) is 0 Å². The number of rotatable bonds is 5. The Morgan fingerprint density at radius 2 is 2.24 bits per heavy atom. The Labute approximate surface area is 122 Å². The number of carbonyl (C=O) groups is 1. The van der Waals surface area contributed by atoms with Crippen molar-refractivity contribution < 1.29 is 14.6 Å². The lowest BCUT2D eigenvalue weighted by Crippen LogP contribution is -2.49. The van der Waals surface area contributed by atoms with Gasteiger partial charge in [0, 0.05) is 0 Å². The average Bonchev–Trinajstić information content (AvgIpc) is 2.99. The summed E-state index contributed by atoms with van der Waals surface area (Å²) in [4.78, 5) is 11.1. The van der Waals surface area contributed by atoms with Crippen LogP contribution in [0.25, 0.3) is 0 Å². The summed E-state index contributed by atoms with van der Waals surface area (Å²) in [6.45, 7) is 1.92. The third-order valence-corrected chi connectivity index (χ3v) is 4.69. The number of nitrogens with zero attached hydrogens (tertiary/aromatic N) is 3. The molecular formula is C13H21N5O3. The number of H-pyrrole nitrogens is 1. The summed E-state index contributed by atoms with van der Waals surface area (Å²) < 4.78 is 5.67. The lowest BCUT2D eigenvalue weighted by molar-refractivity contribution is -0.141. The summed E-state index contributed by atoms with van der Waals surface area (Å²) in [6, 6.07) is -0.383. The van der Waals surface area contributed by atoms with Crippen molar-refractivity contribution in [2.75, 3.05) is 13.2 Å². The van der Waals surface area contributed by atoms with Gasteiger partial charge in [-0.05, 0) is 60.4 Å². The fraction of sp³-hybridized carbons (Fsp3) is 0.846. The Kier molecular flexibility index (Phi) is 4.45. The number of aromatic amines is 1. The number of carboxylic acids is 1. The van der Waals surface area contributed by atoms with Crippen LogP contribution in [0.15, 0.2) is 0 Å². The highest BCUT2D eigenvalue weighted by molar-refractivity contribution is 5.73. The van der Waals surface area contributed by atoms with Crippen LogP contribution in [0, 0.1) is 17.8 Å². The van der Waals surface area contributed by atoms with E-state index in [1.807, 2.05) is 0 Å². The van der Waals surface area contributed by atoms with Gasteiger partial charge in [-0.3, -0.25) is 4.79 Å². The molecule has 0 aromatic carbocycles. The van der Waals surface area contributed by atoms with Crippen LogP contribution in [0.3, 0.4) is 0 Å². The Hall–Kier alpha value is -1.54. The number of piperidine rings is 1. The Balaban J connectivity index is 1.45. The molecule has 8 heteroatoms. The number of carboxylic acid groups (broad SMARTS) is 1. The fourth-order valence-corrected chi connectivity index (χ4v) is 3.56. The van der Waals surface area contributed by atoms with Crippen molar-refractivity contribution in [1.82, 2.24) is 25.9 Å². The van der Waals surface area contributed by atoms with Crippen LogP contribution in [-0.4, -0.2) is 50.9 Å². The SMILES string of the molecule is O=C(O)C1C[C@H]2C[C@@H](COCc3nnn[nH]3)CC[C@H]2CN1. The van der Waals surface area contributed by atoms with E-state index in [-0.39, 0.29) is 6.04 Å². The van der Waals surface area contributed by atoms with Gasteiger partial charge in [0.05, 0.1) is 6.61 Å². The van der Waals surface area contributed by atoms with Crippen LogP contribution >= 0.6 is 0 Å². The van der Waals surface area contributed by atoms with Crippen LogP contribution in [0.2, 0.25) is 0 Å². The third kappa shape index (κ3) is 3.56. The summed E-state index contributed by atoms with van der Waals surface area (Å²) in [5.74, 6) is 1.53. The van der Waals surface area contributed by atoms with Crippen LogP contribution in [0.4, 0.5) is 0 Å². The minimum Gasteiger partial charge on any atom is -0.480 e. The second kappa shape index (κ2) is 6.48. The number of ether oxygens (including phenoxy) is 1. The van der Waals surface area contributed by atoms with E-state index in [1.165, 1.54) is 0 Å². The van der Waals surface area contributed by atoms with Crippen molar-refractivity contribution in [3.8, 4) is 0 Å². The van der Waals surface area contributed by atoms with E-state index in [9.17, 15) is 4.79 Å². The first-order valence-electron chi connectivity index (χ1n) is 7.49. The number of hydrogen-bond donors (Lipinski definition) is 3. The zero-order chi connectivity index (χ0) is 14.7. The van der Waals surface area contributed by atoms with Gasteiger partial charge < -0.3 is 15.2 Å². The lowest BCUT2D eigenvalue weighted by Gasteiger charge is -2.41. The zero-order valence-corrected chi connectivity index (χ0v) is 11.9. The highest BCUT2D eigenvalue weighted by Crippen LogP contribution is 2.38. The van der Waals surface area contributed by atoms with Gasteiger partial charge in [-0.15, -0.1) is 5.10 Å². The van der Waals surface area contributed by atoms with Gasteiger partial charge >= 0.3 is 5.97 Å². The first-order chi connectivity index (χ1) is 10.2. The molecule has 0 bridgehead atoms. The minimum atomic E-state index is -0.732. The number of hydrogen-bond acceptors (Lipinski definition) is 6. The van der Waals surface area contributed by atoms with Crippen LogP contribution in [0.5, 0.6) is 0 Å². The van der Waals surface area contributed by atoms with Crippen LogP contribution in [0.1, 0.15) is 31.5 Å². The average molecular weight is 295 g/mol. The molecule has 1 aliphatic heterocycles. The highest BCUT2D eigenvalue weighted by Gasteiger charge is 2.37. The number of nitrogens with one attached hydrogen (secondary N) is 2. The first-order valence-corrected chi connectivity index (χ1v) is 7.49. The van der Waals surface area contributed by atoms with E-state index >= 15 is 0 Å². The molecule has 116 valence electrons. The molecule has 4 atom stereocenters. The predicted octanol–water partition coefficient (Wildman–Crippen LogP) is 0.195. The van der Waals surface area contributed by atoms with E-state index in [0.717, 1.165) is 32.2 Å². The molecular weight excluding hydrogens is 274 g/mol. The maximum atomic E-state index is 11.1. The van der Waals surface area contributed by atoms with Crippen molar-refractivity contribution in [2.24, 2.45) is 17.8 Å². The largest absolute Gasteiger partial charge is 0.480 e. The van der Waals surface area contributed by atoms with Gasteiger partial charge in [0.1, 0.15) is 12.6 Å². The Bertz CT molecular complexity index is 466. The van der Waals surface area contributed by atoms with Gasteiger partial charge in [0.25, 0.3) is 0 Å². The molecule has 3 N–H and O–H groups in total. The van der Waals surface area contributed by atoms with Gasteiger partial charge in [-0.2, -0.15) is 0 Å². The fourth-order valence-electron chi connectivity index (χ4n) is 3.56. The van der Waals surface area contributed by atoms with Gasteiger partial charge in [0.15, 0.2) is 5.82 Å². The molecule has 1 saturated heterocycles. The normalized spacial score (nSPS) is 32.6. The molecule has 1 saturated carbocycles. The Morgan fingerprint density at radius 1 is 1.33 bits per heavy atom. The van der Waals surface area contributed by atoms with E-state index in [0.29, 0.717) is 36.8 Å². The van der Waals surface area contributed by atoms with E-state index in [2.05, 4.69) is 25.9 Å². The number of fused-ring (bicyclic) bond motifs is 1. The molecule has 2 heterocycles. The molecule has 2 aliphatic rings. The predicted molar refractivity (Wildman–Crippen MR) is 72.2 cm³/mol. The Morgan fingerprint density at radius 3 is 3.00 bits per heavy atom. The standard InChI is InChI=1S/C13H21N5O3/c19-13(20)11-4-10-3-8(1-2-9(10)5-14-11)6-21-7-12-15-17-18-16-12/h8-11,14H,1-7H2,(H,19,20)(H,15,16,17,18)/t8-,9-,10+,11?/m0/s1. The van der Waals surface area contributed by atoms with Gasteiger partial charge in [-0.25, -0.2) is 5.10 Å². The minimum absolute atomic E-state index is 0.383. The second-order valence-electron chi connectivity index (χ2n) is 6.10. The molecule has 1 aromatic rings. The molecule has 3 rings (SSSR count). The van der Waals surface area contributed by atoms with Crippen molar-refractivity contribution >= 4 is 5.97 Å². The van der Waals surface area contributed by atoms with Crippen LogP contribution < -0.4 is 5.32 Å². The van der Waals surface area contributed by atoms with Crippen LogP contribution in [-0.2, 0) is 16.1 Å². The summed E-state index contributed by atoms with van der Waals surface area (Å²) in [5, 5.41) is 25.7. The molecule has 2 fully saturated rings. The van der Waals surface area contributed by atoms with E-state index < -0.39 is 5.97 Å². The van der Waals surface area contributed by atoms with Crippen molar-refractivity contribution in [1.29, 1.82) is 0 Å². The monoisotopic (exact) mass is 295 g/mol. The maximum absolute atomic E-state index is 11.1. The highest BCUT2D eigenvalue weighted by atomic mass is 16.5. The quantitative estimate of drug-likeness (QED) is 0.711. The lowest BCUT2D eigenvalue weighted by atomic mass is 9.70. The smallest absolute Gasteiger partial charge is 0.320 e. The molecule has 0 amide bonds. The first kappa shape index (κ1) is 14.4. The molecule has 0 radical (unpaired) electrons.